The first-order valence-corrected chi connectivity index (χ1v) is 8.62. The molecule has 0 aliphatic rings. The van der Waals surface area contributed by atoms with Gasteiger partial charge in [0.15, 0.2) is 0 Å². The van der Waals surface area contributed by atoms with Crippen LogP contribution in [-0.2, 0) is 13.0 Å². The van der Waals surface area contributed by atoms with Gasteiger partial charge < -0.3 is 14.8 Å². The third-order valence-electron chi connectivity index (χ3n) is 4.21. The van der Waals surface area contributed by atoms with Crippen LogP contribution in [0.1, 0.15) is 17.0 Å². The molecule has 2 heterocycles. The Bertz CT molecular complexity index is 766. The van der Waals surface area contributed by atoms with Crippen LogP contribution < -0.4 is 5.32 Å². The quantitative estimate of drug-likeness (QED) is 0.660. The van der Waals surface area contributed by atoms with Gasteiger partial charge in [0.2, 0.25) is 0 Å². The Morgan fingerprint density at radius 2 is 1.92 bits per heavy atom. The van der Waals surface area contributed by atoms with E-state index in [1.54, 1.807) is 6.20 Å². The topological polar surface area (TPSA) is 58.3 Å². The van der Waals surface area contributed by atoms with E-state index in [1.165, 1.54) is 5.56 Å². The van der Waals surface area contributed by atoms with Crippen molar-refractivity contribution in [2.75, 3.05) is 13.2 Å². The van der Waals surface area contributed by atoms with Gasteiger partial charge >= 0.3 is 0 Å². The molecule has 4 heteroatoms. The number of aliphatic hydroxyl groups is 1. The Morgan fingerprint density at radius 3 is 2.64 bits per heavy atom. The summed E-state index contributed by atoms with van der Waals surface area (Å²) in [6.07, 6.45) is 2.55. The van der Waals surface area contributed by atoms with Crippen LogP contribution in [0.3, 0.4) is 0 Å². The van der Waals surface area contributed by atoms with Gasteiger partial charge in [-0.15, -0.1) is 0 Å². The summed E-state index contributed by atoms with van der Waals surface area (Å²) in [5.41, 5.74) is 3.32. The molecule has 0 spiro atoms. The van der Waals surface area contributed by atoms with Gasteiger partial charge in [-0.05, 0) is 43.5 Å². The van der Waals surface area contributed by atoms with Gasteiger partial charge in [-0.1, -0.05) is 35.9 Å². The van der Waals surface area contributed by atoms with Crippen LogP contribution in [0.2, 0.25) is 0 Å². The van der Waals surface area contributed by atoms with E-state index in [1.807, 2.05) is 30.3 Å². The highest BCUT2D eigenvalue weighted by Crippen LogP contribution is 2.22. The lowest BCUT2D eigenvalue weighted by molar-refractivity contribution is 0.220. The third kappa shape index (κ3) is 5.02. The molecule has 0 aliphatic carbocycles. The van der Waals surface area contributed by atoms with Crippen LogP contribution >= 0.6 is 0 Å². The Hall–Kier alpha value is -2.43. The first-order valence-electron chi connectivity index (χ1n) is 8.62. The summed E-state index contributed by atoms with van der Waals surface area (Å²) in [4.78, 5) is 4.32. The Balaban J connectivity index is 1.50. The molecule has 0 aliphatic heterocycles. The van der Waals surface area contributed by atoms with Crippen molar-refractivity contribution < 1.29 is 9.52 Å². The molecule has 0 radical (unpaired) electrons. The molecule has 0 amide bonds. The van der Waals surface area contributed by atoms with E-state index in [2.05, 4.69) is 41.5 Å². The fourth-order valence-corrected chi connectivity index (χ4v) is 2.76. The average Bonchev–Trinajstić information content (AvgIpc) is 3.11. The first kappa shape index (κ1) is 17.4. The number of furan rings is 1. The minimum atomic E-state index is 0.135. The Morgan fingerprint density at radius 1 is 1.08 bits per heavy atom. The van der Waals surface area contributed by atoms with Crippen molar-refractivity contribution in [1.82, 2.24) is 10.3 Å². The molecule has 3 aromatic rings. The van der Waals surface area contributed by atoms with Gasteiger partial charge in [0, 0.05) is 30.6 Å². The number of nitrogens with zero attached hydrogens (tertiary/aromatic N) is 1. The number of hydrogen-bond donors (Lipinski definition) is 2. The van der Waals surface area contributed by atoms with E-state index in [0.717, 1.165) is 29.2 Å². The number of aliphatic hydroxyl groups excluding tert-OH is 1. The molecule has 0 bridgehead atoms. The molecule has 0 saturated carbocycles. The molecule has 1 atom stereocenters. The van der Waals surface area contributed by atoms with Gasteiger partial charge in [0.1, 0.15) is 11.5 Å². The number of hydrogen-bond acceptors (Lipinski definition) is 4. The lowest BCUT2D eigenvalue weighted by Crippen LogP contribution is -2.26. The largest absolute Gasteiger partial charge is 0.460 e. The Labute approximate surface area is 148 Å². The molecule has 2 N–H and O–H groups in total. The zero-order valence-corrected chi connectivity index (χ0v) is 14.5. The minimum absolute atomic E-state index is 0.135. The molecule has 130 valence electrons. The number of benzene rings is 1. The molecule has 25 heavy (non-hydrogen) atoms. The van der Waals surface area contributed by atoms with Crippen molar-refractivity contribution in [2.24, 2.45) is 5.92 Å². The van der Waals surface area contributed by atoms with E-state index in [-0.39, 0.29) is 12.5 Å². The van der Waals surface area contributed by atoms with Crippen LogP contribution in [0.5, 0.6) is 0 Å². The van der Waals surface area contributed by atoms with Crippen LogP contribution in [-0.4, -0.2) is 23.2 Å². The summed E-state index contributed by atoms with van der Waals surface area (Å²) in [5.74, 6) is 1.91. The van der Waals surface area contributed by atoms with Gasteiger partial charge in [0.05, 0.1) is 6.54 Å². The predicted octanol–water partition coefficient (Wildman–Crippen LogP) is 3.59. The van der Waals surface area contributed by atoms with E-state index < -0.39 is 0 Å². The maximum absolute atomic E-state index is 9.57. The summed E-state index contributed by atoms with van der Waals surface area (Å²) in [6, 6.07) is 18.2. The van der Waals surface area contributed by atoms with Crippen molar-refractivity contribution in [3.8, 4) is 11.3 Å². The average molecular weight is 336 g/mol. The fourth-order valence-electron chi connectivity index (χ4n) is 2.76. The smallest absolute Gasteiger partial charge is 0.134 e. The Kier molecular flexibility index (Phi) is 5.99. The van der Waals surface area contributed by atoms with Gasteiger partial charge in [-0.2, -0.15) is 0 Å². The second kappa shape index (κ2) is 8.60. The number of nitrogens with one attached hydrogen (secondary N) is 1. The monoisotopic (exact) mass is 336 g/mol. The molecule has 0 fully saturated rings. The third-order valence-corrected chi connectivity index (χ3v) is 4.21. The SMILES string of the molecule is Cc1ccc(-c2ccc(CNCC(CO)Cc3ccccn3)o2)cc1. The van der Waals surface area contributed by atoms with E-state index in [9.17, 15) is 5.11 Å². The second-order valence-corrected chi connectivity index (χ2v) is 6.34. The van der Waals surface area contributed by atoms with Gasteiger partial charge in [-0.25, -0.2) is 0 Å². The first-order chi connectivity index (χ1) is 12.2. The van der Waals surface area contributed by atoms with E-state index >= 15 is 0 Å². The van der Waals surface area contributed by atoms with Crippen LogP contribution in [0.4, 0.5) is 0 Å². The summed E-state index contributed by atoms with van der Waals surface area (Å²) in [5, 5.41) is 12.9. The van der Waals surface area contributed by atoms with Gasteiger partial charge in [0.25, 0.3) is 0 Å². The highest BCUT2D eigenvalue weighted by atomic mass is 16.3. The maximum atomic E-state index is 9.57. The van der Waals surface area contributed by atoms with E-state index in [4.69, 9.17) is 4.42 Å². The van der Waals surface area contributed by atoms with Crippen molar-refractivity contribution in [3.05, 3.63) is 77.8 Å². The van der Waals surface area contributed by atoms with Crippen molar-refractivity contribution in [3.63, 3.8) is 0 Å². The summed E-state index contributed by atoms with van der Waals surface area (Å²) in [7, 11) is 0. The lowest BCUT2D eigenvalue weighted by Gasteiger charge is -2.14. The van der Waals surface area contributed by atoms with Crippen LogP contribution in [0, 0.1) is 12.8 Å². The molecule has 1 unspecified atom stereocenters. The molecule has 0 saturated heterocycles. The van der Waals surface area contributed by atoms with Crippen molar-refractivity contribution >= 4 is 0 Å². The fraction of sp³-hybridized carbons (Fsp3) is 0.286. The molecule has 2 aromatic heterocycles. The molecular weight excluding hydrogens is 312 g/mol. The number of rotatable bonds is 8. The van der Waals surface area contributed by atoms with Crippen LogP contribution in [0.25, 0.3) is 11.3 Å². The van der Waals surface area contributed by atoms with Crippen molar-refractivity contribution in [1.29, 1.82) is 0 Å². The zero-order valence-electron chi connectivity index (χ0n) is 14.5. The molecular formula is C21H24N2O2. The second-order valence-electron chi connectivity index (χ2n) is 6.34. The highest BCUT2D eigenvalue weighted by Gasteiger charge is 2.10. The lowest BCUT2D eigenvalue weighted by atomic mass is 10.0. The highest BCUT2D eigenvalue weighted by molar-refractivity contribution is 5.57. The van der Waals surface area contributed by atoms with Crippen molar-refractivity contribution in [2.45, 2.75) is 19.9 Å². The molecule has 1 aromatic carbocycles. The van der Waals surface area contributed by atoms with Crippen LogP contribution in [0.15, 0.2) is 65.2 Å². The minimum Gasteiger partial charge on any atom is -0.460 e. The van der Waals surface area contributed by atoms with E-state index in [0.29, 0.717) is 13.1 Å². The number of aromatic nitrogens is 1. The van der Waals surface area contributed by atoms with Gasteiger partial charge in [-0.3, -0.25) is 4.98 Å². The number of aryl methyl sites for hydroxylation is 1. The summed E-state index contributed by atoms with van der Waals surface area (Å²) < 4.78 is 5.91. The normalized spacial score (nSPS) is 12.2. The standard InChI is InChI=1S/C21H24N2O2/c1-16-5-7-18(8-6-16)21-10-9-20(25-21)14-22-13-17(15-24)12-19-4-2-3-11-23-19/h2-11,17,22,24H,12-15H2,1H3. The maximum Gasteiger partial charge on any atom is 0.134 e. The predicted molar refractivity (Wildman–Crippen MR) is 99.1 cm³/mol. The number of pyridine rings is 1. The molecule has 3 rings (SSSR count). The summed E-state index contributed by atoms with van der Waals surface area (Å²) in [6.45, 7) is 3.57. The molecule has 4 nitrogen and oxygen atoms in total. The summed E-state index contributed by atoms with van der Waals surface area (Å²) >= 11 is 0. The zero-order chi connectivity index (χ0) is 17.5.